The SMILES string of the molecule is CC(=O)NS(=O)(=O)c1ccc(NC=c2c(C)c(C#N)c3nc4ccccc4n3c2=O)cc1. The number of nitriles is 1. The first-order valence-corrected chi connectivity index (χ1v) is 11.0. The van der Waals surface area contributed by atoms with Crippen LogP contribution in [0.5, 0.6) is 0 Å². The maximum absolute atomic E-state index is 13.2. The molecule has 4 rings (SSSR count). The summed E-state index contributed by atoms with van der Waals surface area (Å²) in [7, 11) is -3.94. The van der Waals surface area contributed by atoms with Gasteiger partial charge in [-0.15, -0.1) is 0 Å². The minimum Gasteiger partial charge on any atom is -0.361 e. The minimum atomic E-state index is -3.94. The second-order valence-corrected chi connectivity index (χ2v) is 8.75. The van der Waals surface area contributed by atoms with E-state index in [0.717, 1.165) is 6.92 Å². The Labute approximate surface area is 182 Å². The van der Waals surface area contributed by atoms with E-state index in [1.165, 1.54) is 34.9 Å². The first-order valence-electron chi connectivity index (χ1n) is 9.47. The fourth-order valence-corrected chi connectivity index (χ4v) is 4.41. The largest absolute Gasteiger partial charge is 0.361 e. The van der Waals surface area contributed by atoms with Crippen LogP contribution in [0.15, 0.2) is 58.2 Å². The summed E-state index contributed by atoms with van der Waals surface area (Å²) < 4.78 is 27.4. The van der Waals surface area contributed by atoms with Crippen LogP contribution in [0.4, 0.5) is 5.69 Å². The maximum atomic E-state index is 13.2. The lowest BCUT2D eigenvalue weighted by Gasteiger charge is -2.07. The number of para-hydroxylation sites is 2. The van der Waals surface area contributed by atoms with Crippen molar-refractivity contribution in [3.63, 3.8) is 0 Å². The number of sulfonamides is 1. The number of rotatable bonds is 4. The third kappa shape index (κ3) is 3.55. The van der Waals surface area contributed by atoms with Crippen LogP contribution in [0.25, 0.3) is 22.9 Å². The molecule has 0 unspecified atom stereocenters. The second kappa shape index (κ2) is 7.79. The van der Waals surface area contributed by atoms with Gasteiger partial charge >= 0.3 is 0 Å². The van der Waals surface area contributed by atoms with Crippen molar-refractivity contribution in [2.45, 2.75) is 18.7 Å². The van der Waals surface area contributed by atoms with Crippen molar-refractivity contribution in [1.29, 1.82) is 5.26 Å². The number of carbonyl (C=O) groups excluding carboxylic acids is 1. The van der Waals surface area contributed by atoms with Crippen molar-refractivity contribution in [1.82, 2.24) is 14.1 Å². The van der Waals surface area contributed by atoms with Crippen LogP contribution < -0.4 is 20.8 Å². The normalized spacial score (nSPS) is 12.1. The number of hydrogen-bond donors (Lipinski definition) is 2. The van der Waals surface area contributed by atoms with Crippen LogP contribution in [0, 0.1) is 18.3 Å². The summed E-state index contributed by atoms with van der Waals surface area (Å²) in [5.41, 5.74) is 2.49. The standard InChI is InChI=1S/C22H17N5O4S/c1-13-17(11-23)21-25-19-5-3-4-6-20(19)27(21)22(29)18(13)12-24-15-7-9-16(10-8-15)32(30,31)26-14(2)28/h3-10,12,24H,1-2H3,(H,26,28). The Morgan fingerprint density at radius 1 is 1.16 bits per heavy atom. The van der Waals surface area contributed by atoms with Crippen LogP contribution in [-0.2, 0) is 14.8 Å². The van der Waals surface area contributed by atoms with Gasteiger partial charge in [-0.25, -0.2) is 18.1 Å². The molecule has 2 aromatic heterocycles. The van der Waals surface area contributed by atoms with Gasteiger partial charge < -0.3 is 5.32 Å². The average molecular weight is 447 g/mol. The summed E-state index contributed by atoms with van der Waals surface area (Å²) in [5.74, 6) is -0.685. The number of nitrogens with zero attached hydrogens (tertiary/aromatic N) is 3. The van der Waals surface area contributed by atoms with E-state index in [9.17, 15) is 23.3 Å². The highest BCUT2D eigenvalue weighted by atomic mass is 32.2. The number of aromatic nitrogens is 2. The maximum Gasteiger partial charge on any atom is 0.265 e. The fourth-order valence-electron chi connectivity index (χ4n) is 3.42. The van der Waals surface area contributed by atoms with E-state index in [0.29, 0.717) is 33.5 Å². The van der Waals surface area contributed by atoms with Gasteiger partial charge in [0, 0.05) is 18.8 Å². The second-order valence-electron chi connectivity index (χ2n) is 7.06. The highest BCUT2D eigenvalue weighted by Crippen LogP contribution is 2.18. The third-order valence-electron chi connectivity index (χ3n) is 4.93. The first kappa shape index (κ1) is 21.0. The lowest BCUT2D eigenvalue weighted by atomic mass is 10.1. The van der Waals surface area contributed by atoms with E-state index in [4.69, 9.17) is 0 Å². The van der Waals surface area contributed by atoms with Crippen molar-refractivity contribution >= 4 is 44.5 Å². The van der Waals surface area contributed by atoms with Gasteiger partial charge in [-0.2, -0.15) is 5.26 Å². The van der Waals surface area contributed by atoms with Gasteiger partial charge in [-0.05, 0) is 48.9 Å². The van der Waals surface area contributed by atoms with Gasteiger partial charge in [-0.3, -0.25) is 14.0 Å². The highest BCUT2D eigenvalue weighted by molar-refractivity contribution is 7.90. The molecule has 0 aliphatic carbocycles. The van der Waals surface area contributed by atoms with E-state index in [-0.39, 0.29) is 15.7 Å². The van der Waals surface area contributed by atoms with Crippen LogP contribution >= 0.6 is 0 Å². The van der Waals surface area contributed by atoms with Gasteiger partial charge in [0.25, 0.3) is 15.6 Å². The predicted molar refractivity (Wildman–Crippen MR) is 119 cm³/mol. The quantitative estimate of drug-likeness (QED) is 0.483. The number of fused-ring (bicyclic) bond motifs is 3. The number of imidazole rings is 1. The van der Waals surface area contributed by atoms with Crippen molar-refractivity contribution in [2.75, 3.05) is 5.32 Å². The van der Waals surface area contributed by atoms with Gasteiger partial charge in [-0.1, -0.05) is 12.1 Å². The van der Waals surface area contributed by atoms with E-state index in [2.05, 4.69) is 16.4 Å². The molecule has 0 saturated carbocycles. The zero-order valence-corrected chi connectivity index (χ0v) is 17.9. The van der Waals surface area contributed by atoms with Crippen LogP contribution in [0.3, 0.4) is 0 Å². The zero-order chi connectivity index (χ0) is 23.0. The summed E-state index contributed by atoms with van der Waals surface area (Å²) in [5, 5.41) is 12.9. The number of hydrogen-bond acceptors (Lipinski definition) is 7. The van der Waals surface area contributed by atoms with Gasteiger partial charge in [0.1, 0.15) is 6.07 Å². The number of anilines is 1. The summed E-state index contributed by atoms with van der Waals surface area (Å²) in [6.45, 7) is 2.79. The molecule has 0 radical (unpaired) electrons. The molecule has 1 amide bonds. The summed E-state index contributed by atoms with van der Waals surface area (Å²) >= 11 is 0. The smallest absolute Gasteiger partial charge is 0.265 e. The van der Waals surface area contributed by atoms with Crippen LogP contribution in [0.2, 0.25) is 0 Å². The van der Waals surface area contributed by atoms with Crippen molar-refractivity contribution in [2.24, 2.45) is 0 Å². The molecular weight excluding hydrogens is 430 g/mol. The Balaban J connectivity index is 1.80. The number of nitrogens with one attached hydrogen (secondary N) is 2. The molecule has 0 saturated heterocycles. The fraction of sp³-hybridized carbons (Fsp3) is 0.0909. The van der Waals surface area contributed by atoms with Crippen molar-refractivity contribution < 1.29 is 13.2 Å². The topological polar surface area (TPSA) is 133 Å². The van der Waals surface area contributed by atoms with Crippen LogP contribution in [0.1, 0.15) is 18.1 Å². The molecule has 9 nitrogen and oxygen atoms in total. The number of carbonyl (C=O) groups is 1. The van der Waals surface area contributed by atoms with E-state index < -0.39 is 15.9 Å². The summed E-state index contributed by atoms with van der Waals surface area (Å²) in [6.07, 6.45) is 1.48. The summed E-state index contributed by atoms with van der Waals surface area (Å²) in [4.78, 5) is 28.7. The third-order valence-corrected chi connectivity index (χ3v) is 6.38. The van der Waals surface area contributed by atoms with E-state index in [1.54, 1.807) is 25.1 Å². The molecule has 2 aromatic carbocycles. The lowest BCUT2D eigenvalue weighted by Crippen LogP contribution is -2.34. The molecular formula is C22H17N5O4S. The van der Waals surface area contributed by atoms with Gasteiger partial charge in [0.2, 0.25) is 5.91 Å². The highest BCUT2D eigenvalue weighted by Gasteiger charge is 2.17. The molecule has 2 heterocycles. The van der Waals surface area contributed by atoms with Crippen LogP contribution in [-0.4, -0.2) is 23.7 Å². The number of benzene rings is 2. The zero-order valence-electron chi connectivity index (χ0n) is 17.1. The Kier molecular flexibility index (Phi) is 5.12. The molecule has 0 bridgehead atoms. The molecule has 0 atom stereocenters. The minimum absolute atomic E-state index is 0.0722. The summed E-state index contributed by atoms with van der Waals surface area (Å²) in [6, 6.07) is 14.9. The lowest BCUT2D eigenvalue weighted by molar-refractivity contribution is -0.117. The predicted octanol–water partition coefficient (Wildman–Crippen LogP) is 1.42. The molecule has 0 aliphatic heterocycles. The molecule has 4 aromatic rings. The number of pyridine rings is 1. The van der Waals surface area contributed by atoms with Gasteiger partial charge in [0.15, 0.2) is 5.65 Å². The average Bonchev–Trinajstić information content (AvgIpc) is 3.13. The molecule has 10 heteroatoms. The van der Waals surface area contributed by atoms with E-state index in [1.807, 2.05) is 10.8 Å². The molecule has 0 fully saturated rings. The monoisotopic (exact) mass is 447 g/mol. The molecule has 32 heavy (non-hydrogen) atoms. The Morgan fingerprint density at radius 3 is 2.50 bits per heavy atom. The molecule has 0 aliphatic rings. The Morgan fingerprint density at radius 2 is 1.84 bits per heavy atom. The molecule has 160 valence electrons. The molecule has 2 N–H and O–H groups in total. The first-order chi connectivity index (χ1) is 15.2. The Hall–Kier alpha value is -4.23. The van der Waals surface area contributed by atoms with Crippen molar-refractivity contribution in [3.8, 4) is 6.07 Å². The van der Waals surface area contributed by atoms with E-state index >= 15 is 0 Å². The Bertz CT molecular complexity index is 1650. The number of amides is 1. The molecule has 0 spiro atoms. The van der Waals surface area contributed by atoms with Crippen molar-refractivity contribution in [3.05, 3.63) is 75.2 Å². The van der Waals surface area contributed by atoms with Gasteiger partial charge in [0.05, 0.1) is 26.7 Å².